The molecule has 0 saturated heterocycles. The highest BCUT2D eigenvalue weighted by Crippen LogP contribution is 2.31. The van der Waals surface area contributed by atoms with Crippen molar-refractivity contribution in [3.8, 4) is 0 Å². The van der Waals surface area contributed by atoms with Crippen molar-refractivity contribution >= 4 is 54.1 Å². The molecule has 0 aliphatic heterocycles. The molecular formula is C22H19N5OS2. The Morgan fingerprint density at radius 2 is 1.63 bits per heavy atom. The lowest BCUT2D eigenvalue weighted by molar-refractivity contribution is 0.0985. The largest absolute Gasteiger partial charge is 0.289 e. The first kappa shape index (κ1) is 18.9. The number of para-hydroxylation sites is 2. The molecule has 0 radical (unpaired) electrons. The van der Waals surface area contributed by atoms with E-state index in [4.69, 9.17) is 4.98 Å². The molecule has 0 fully saturated rings. The maximum Gasteiger partial charge on any atom is 0.289 e. The maximum absolute atomic E-state index is 13.5. The van der Waals surface area contributed by atoms with Crippen molar-refractivity contribution in [3.05, 3.63) is 71.0 Å². The molecule has 30 heavy (non-hydrogen) atoms. The van der Waals surface area contributed by atoms with E-state index < -0.39 is 0 Å². The standard InChI is InChI=1S/C22H19N5OS2/c1-14-13-15(2)27(25-14)12-11-26(22-24-17-8-4-6-10-19(17)30-22)21(28)20-23-16-7-3-5-9-18(16)29-20/h3-10,13H,11-12H2,1-2H3. The van der Waals surface area contributed by atoms with Gasteiger partial charge in [-0.25, -0.2) is 9.97 Å². The maximum atomic E-state index is 13.5. The van der Waals surface area contributed by atoms with E-state index in [1.807, 2.05) is 73.1 Å². The molecule has 5 rings (SSSR count). The van der Waals surface area contributed by atoms with Gasteiger partial charge in [-0.3, -0.25) is 14.4 Å². The summed E-state index contributed by atoms with van der Waals surface area (Å²) in [6.45, 7) is 5.06. The summed E-state index contributed by atoms with van der Waals surface area (Å²) in [6.07, 6.45) is 0. The third-order valence-corrected chi connectivity index (χ3v) is 6.96. The van der Waals surface area contributed by atoms with Gasteiger partial charge in [0, 0.05) is 12.2 Å². The predicted molar refractivity (Wildman–Crippen MR) is 123 cm³/mol. The van der Waals surface area contributed by atoms with Crippen LogP contribution in [0.3, 0.4) is 0 Å². The number of hydrogen-bond donors (Lipinski definition) is 0. The summed E-state index contributed by atoms with van der Waals surface area (Å²) in [4.78, 5) is 24.5. The van der Waals surface area contributed by atoms with Gasteiger partial charge in [0.1, 0.15) is 0 Å². The quantitative estimate of drug-likeness (QED) is 0.388. The molecule has 0 N–H and O–H groups in total. The van der Waals surface area contributed by atoms with E-state index in [9.17, 15) is 4.79 Å². The van der Waals surface area contributed by atoms with E-state index in [1.54, 1.807) is 4.90 Å². The number of benzene rings is 2. The summed E-state index contributed by atoms with van der Waals surface area (Å²) in [5, 5.41) is 5.69. The molecule has 1 amide bonds. The average molecular weight is 434 g/mol. The summed E-state index contributed by atoms with van der Waals surface area (Å²) < 4.78 is 3.99. The molecule has 0 spiro atoms. The van der Waals surface area contributed by atoms with E-state index in [-0.39, 0.29) is 5.91 Å². The van der Waals surface area contributed by atoms with Crippen LogP contribution in [0.1, 0.15) is 21.2 Å². The minimum absolute atomic E-state index is 0.128. The van der Waals surface area contributed by atoms with Gasteiger partial charge in [0.25, 0.3) is 5.91 Å². The fraction of sp³-hybridized carbons (Fsp3) is 0.182. The Kier molecular flexibility index (Phi) is 4.80. The van der Waals surface area contributed by atoms with E-state index in [0.717, 1.165) is 31.8 Å². The molecule has 0 saturated carbocycles. The number of nitrogens with zero attached hydrogens (tertiary/aromatic N) is 5. The Bertz CT molecular complexity index is 1300. The second-order valence-electron chi connectivity index (χ2n) is 7.06. The molecule has 150 valence electrons. The highest BCUT2D eigenvalue weighted by molar-refractivity contribution is 7.22. The third kappa shape index (κ3) is 3.48. The highest BCUT2D eigenvalue weighted by atomic mass is 32.1. The van der Waals surface area contributed by atoms with Crippen LogP contribution in [0.2, 0.25) is 0 Å². The van der Waals surface area contributed by atoms with Gasteiger partial charge in [0.15, 0.2) is 10.1 Å². The molecule has 5 aromatic rings. The van der Waals surface area contributed by atoms with Crippen molar-refractivity contribution < 1.29 is 4.79 Å². The molecule has 8 heteroatoms. The second-order valence-corrected chi connectivity index (χ2v) is 9.10. The first-order valence-electron chi connectivity index (χ1n) is 9.62. The van der Waals surface area contributed by atoms with Crippen LogP contribution in [-0.2, 0) is 6.54 Å². The molecule has 0 unspecified atom stereocenters. The van der Waals surface area contributed by atoms with Crippen LogP contribution in [0.15, 0.2) is 54.6 Å². The van der Waals surface area contributed by atoms with Gasteiger partial charge in [0.05, 0.1) is 32.7 Å². The summed E-state index contributed by atoms with van der Waals surface area (Å²) in [7, 11) is 0. The number of anilines is 1. The molecule has 6 nitrogen and oxygen atoms in total. The number of thiazole rings is 2. The van der Waals surface area contributed by atoms with Gasteiger partial charge in [-0.15, -0.1) is 11.3 Å². The van der Waals surface area contributed by atoms with Crippen molar-refractivity contribution in [2.75, 3.05) is 11.4 Å². The Balaban J connectivity index is 1.52. The number of aromatic nitrogens is 4. The monoisotopic (exact) mass is 433 g/mol. The van der Waals surface area contributed by atoms with Crippen molar-refractivity contribution in [2.24, 2.45) is 0 Å². The van der Waals surface area contributed by atoms with Crippen molar-refractivity contribution in [3.63, 3.8) is 0 Å². The minimum atomic E-state index is -0.128. The van der Waals surface area contributed by atoms with Gasteiger partial charge in [0.2, 0.25) is 0 Å². The number of carbonyl (C=O) groups is 1. The van der Waals surface area contributed by atoms with Gasteiger partial charge < -0.3 is 0 Å². The number of rotatable bonds is 5. The average Bonchev–Trinajstić information content (AvgIpc) is 3.44. The third-order valence-electron chi connectivity index (χ3n) is 4.87. The first-order valence-corrected chi connectivity index (χ1v) is 11.3. The second kappa shape index (κ2) is 7.62. The van der Waals surface area contributed by atoms with Crippen LogP contribution in [0.4, 0.5) is 5.13 Å². The van der Waals surface area contributed by atoms with Crippen LogP contribution < -0.4 is 4.90 Å². The molecule has 3 heterocycles. The topological polar surface area (TPSA) is 63.9 Å². The number of hydrogen-bond acceptors (Lipinski definition) is 6. The molecular weight excluding hydrogens is 414 g/mol. The van der Waals surface area contributed by atoms with E-state index in [1.165, 1.54) is 22.7 Å². The molecule has 0 aliphatic carbocycles. The molecule has 0 bridgehead atoms. The van der Waals surface area contributed by atoms with Crippen LogP contribution >= 0.6 is 22.7 Å². The van der Waals surface area contributed by atoms with E-state index in [0.29, 0.717) is 23.2 Å². The smallest absolute Gasteiger partial charge is 0.280 e. The predicted octanol–water partition coefficient (Wildman–Crippen LogP) is 5.07. The Morgan fingerprint density at radius 3 is 2.27 bits per heavy atom. The fourth-order valence-electron chi connectivity index (χ4n) is 3.43. The van der Waals surface area contributed by atoms with Gasteiger partial charge in [-0.1, -0.05) is 35.6 Å². The van der Waals surface area contributed by atoms with Crippen molar-refractivity contribution in [2.45, 2.75) is 20.4 Å². The summed E-state index contributed by atoms with van der Waals surface area (Å²) >= 11 is 2.94. The lowest BCUT2D eigenvalue weighted by Crippen LogP contribution is -2.34. The van der Waals surface area contributed by atoms with Crippen molar-refractivity contribution in [1.82, 2.24) is 19.7 Å². The number of amides is 1. The van der Waals surface area contributed by atoms with Crippen LogP contribution in [0, 0.1) is 13.8 Å². The van der Waals surface area contributed by atoms with Crippen molar-refractivity contribution in [1.29, 1.82) is 0 Å². The summed E-state index contributed by atoms with van der Waals surface area (Å²) in [5.74, 6) is -0.128. The Labute approximate surface area is 181 Å². The van der Waals surface area contributed by atoms with Gasteiger partial charge in [-0.2, -0.15) is 5.10 Å². The zero-order valence-corrected chi connectivity index (χ0v) is 18.2. The number of aryl methyl sites for hydroxylation is 2. The lowest BCUT2D eigenvalue weighted by atomic mass is 10.3. The van der Waals surface area contributed by atoms with Gasteiger partial charge >= 0.3 is 0 Å². The first-order chi connectivity index (χ1) is 14.6. The Hall–Kier alpha value is -3.10. The lowest BCUT2D eigenvalue weighted by Gasteiger charge is -2.19. The molecule has 0 atom stereocenters. The van der Waals surface area contributed by atoms with Gasteiger partial charge in [-0.05, 0) is 44.2 Å². The fourth-order valence-corrected chi connectivity index (χ4v) is 5.34. The number of fused-ring (bicyclic) bond motifs is 2. The van der Waals surface area contributed by atoms with Crippen LogP contribution in [0.25, 0.3) is 20.4 Å². The minimum Gasteiger partial charge on any atom is -0.280 e. The normalized spacial score (nSPS) is 11.4. The van der Waals surface area contributed by atoms with E-state index in [2.05, 4.69) is 10.1 Å². The van der Waals surface area contributed by atoms with Crippen LogP contribution in [0.5, 0.6) is 0 Å². The SMILES string of the molecule is Cc1cc(C)n(CCN(C(=O)c2nc3ccccc3s2)c2nc3ccccc3s2)n1. The summed E-state index contributed by atoms with van der Waals surface area (Å²) in [6, 6.07) is 17.8. The van der Waals surface area contributed by atoms with E-state index >= 15 is 0 Å². The zero-order valence-electron chi connectivity index (χ0n) is 16.6. The summed E-state index contributed by atoms with van der Waals surface area (Å²) in [5.41, 5.74) is 3.78. The molecule has 2 aromatic carbocycles. The zero-order chi connectivity index (χ0) is 20.7. The molecule has 3 aromatic heterocycles. The Morgan fingerprint density at radius 1 is 0.967 bits per heavy atom. The number of carbonyl (C=O) groups excluding carboxylic acids is 1. The molecule has 0 aliphatic rings. The van der Waals surface area contributed by atoms with Crippen LogP contribution in [-0.4, -0.2) is 32.2 Å². The highest BCUT2D eigenvalue weighted by Gasteiger charge is 2.24.